The number of nitrogens with zero attached hydrogens (tertiary/aromatic N) is 2. The third-order valence-electron chi connectivity index (χ3n) is 3.99. The summed E-state index contributed by atoms with van der Waals surface area (Å²) in [6.07, 6.45) is 1.89. The maximum Gasteiger partial charge on any atom is 0.251 e. The third-order valence-corrected chi connectivity index (χ3v) is 5.67. The van der Waals surface area contributed by atoms with Gasteiger partial charge in [0.2, 0.25) is 10.0 Å². The minimum atomic E-state index is -3.57. The first-order chi connectivity index (χ1) is 12.8. The van der Waals surface area contributed by atoms with Gasteiger partial charge in [-0.15, -0.1) is 0 Å². The van der Waals surface area contributed by atoms with Crippen LogP contribution in [-0.2, 0) is 16.6 Å². The van der Waals surface area contributed by atoms with E-state index < -0.39 is 10.0 Å². The number of aryl methyl sites for hydroxylation is 1. The molecule has 2 heterocycles. The average molecular weight is 386 g/mol. The van der Waals surface area contributed by atoms with E-state index in [0.717, 1.165) is 17.0 Å². The van der Waals surface area contributed by atoms with Gasteiger partial charge in [0, 0.05) is 23.5 Å². The lowest BCUT2D eigenvalue weighted by atomic mass is 10.2. The summed E-state index contributed by atoms with van der Waals surface area (Å²) in [4.78, 5) is 16.9. The van der Waals surface area contributed by atoms with E-state index in [1.165, 1.54) is 24.3 Å². The first-order valence-electron chi connectivity index (χ1n) is 8.60. The lowest BCUT2D eigenvalue weighted by molar-refractivity contribution is 0.0950. The monoisotopic (exact) mass is 386 g/mol. The third kappa shape index (κ3) is 4.35. The number of hydrogen-bond donors (Lipinski definition) is 2. The molecular formula is C19H22N4O3S. The highest BCUT2D eigenvalue weighted by Crippen LogP contribution is 2.12. The topological polar surface area (TPSA) is 92.6 Å². The maximum absolute atomic E-state index is 12.3. The number of carbonyl (C=O) groups excluding carboxylic acids is 1. The van der Waals surface area contributed by atoms with Gasteiger partial charge in [-0.05, 0) is 57.2 Å². The van der Waals surface area contributed by atoms with Gasteiger partial charge in [-0.3, -0.25) is 4.79 Å². The van der Waals surface area contributed by atoms with Gasteiger partial charge < -0.3 is 9.72 Å². The second-order valence-electron chi connectivity index (χ2n) is 6.61. The minimum absolute atomic E-state index is 0.128. The number of sulfonamides is 1. The van der Waals surface area contributed by atoms with Gasteiger partial charge in [-0.25, -0.2) is 18.1 Å². The van der Waals surface area contributed by atoms with Crippen molar-refractivity contribution >= 4 is 21.6 Å². The molecule has 142 valence electrons. The van der Waals surface area contributed by atoms with E-state index in [-0.39, 0.29) is 23.4 Å². The van der Waals surface area contributed by atoms with Crippen LogP contribution in [0.25, 0.3) is 5.65 Å². The molecule has 2 aromatic heterocycles. The summed E-state index contributed by atoms with van der Waals surface area (Å²) < 4.78 is 28.7. The summed E-state index contributed by atoms with van der Waals surface area (Å²) in [5.41, 5.74) is 3.02. The number of nitrogens with one attached hydrogen (secondary N) is 2. The molecule has 1 aromatic carbocycles. The Morgan fingerprint density at radius 3 is 2.48 bits per heavy atom. The summed E-state index contributed by atoms with van der Waals surface area (Å²) in [6, 6.07) is 11.5. The van der Waals surface area contributed by atoms with E-state index in [4.69, 9.17) is 0 Å². The zero-order valence-corrected chi connectivity index (χ0v) is 16.2. The number of fused-ring (bicyclic) bond motifs is 1. The SMILES string of the molecule is Cc1cccc2nc(CNC(=O)c3ccc(S(=O)(=O)NC(C)C)cc3)cn12. The second kappa shape index (κ2) is 7.50. The fraction of sp³-hybridized carbons (Fsp3) is 0.263. The molecule has 3 rings (SSSR count). The lowest BCUT2D eigenvalue weighted by Gasteiger charge is -2.10. The normalized spacial score (nSPS) is 11.9. The number of hydrogen-bond acceptors (Lipinski definition) is 4. The van der Waals surface area contributed by atoms with Crippen LogP contribution in [-0.4, -0.2) is 29.8 Å². The van der Waals surface area contributed by atoms with Crippen molar-refractivity contribution < 1.29 is 13.2 Å². The van der Waals surface area contributed by atoms with Crippen LogP contribution >= 0.6 is 0 Å². The van der Waals surface area contributed by atoms with Crippen LogP contribution in [0.5, 0.6) is 0 Å². The molecule has 27 heavy (non-hydrogen) atoms. The Hall–Kier alpha value is -2.71. The number of pyridine rings is 1. The van der Waals surface area contributed by atoms with E-state index in [9.17, 15) is 13.2 Å². The summed E-state index contributed by atoms with van der Waals surface area (Å²) in [5.74, 6) is -0.287. The van der Waals surface area contributed by atoms with Crippen LogP contribution in [0.2, 0.25) is 0 Å². The van der Waals surface area contributed by atoms with Crippen LogP contribution in [0.4, 0.5) is 0 Å². The Morgan fingerprint density at radius 2 is 1.85 bits per heavy atom. The summed E-state index contributed by atoms with van der Waals surface area (Å²) >= 11 is 0. The Bertz CT molecular complexity index is 1070. The van der Waals surface area contributed by atoms with Crippen LogP contribution < -0.4 is 10.0 Å². The van der Waals surface area contributed by atoms with Crippen molar-refractivity contribution in [1.82, 2.24) is 19.4 Å². The van der Waals surface area contributed by atoms with E-state index in [0.29, 0.717) is 5.56 Å². The zero-order valence-electron chi connectivity index (χ0n) is 15.4. The van der Waals surface area contributed by atoms with Crippen LogP contribution in [0.1, 0.15) is 35.6 Å². The number of rotatable bonds is 6. The van der Waals surface area contributed by atoms with Crippen molar-refractivity contribution in [3.05, 3.63) is 65.6 Å². The van der Waals surface area contributed by atoms with Crippen molar-refractivity contribution in [3.63, 3.8) is 0 Å². The molecule has 0 aliphatic rings. The first-order valence-corrected chi connectivity index (χ1v) is 10.1. The molecule has 0 atom stereocenters. The van der Waals surface area contributed by atoms with Gasteiger partial charge in [0.25, 0.3) is 5.91 Å². The molecule has 0 fully saturated rings. The van der Waals surface area contributed by atoms with Crippen LogP contribution in [0.15, 0.2) is 53.6 Å². The van der Waals surface area contributed by atoms with Crippen LogP contribution in [0.3, 0.4) is 0 Å². The summed E-state index contributed by atoms with van der Waals surface area (Å²) in [5, 5.41) is 2.81. The minimum Gasteiger partial charge on any atom is -0.346 e. The molecule has 0 aliphatic heterocycles. The van der Waals surface area contributed by atoms with Gasteiger partial charge >= 0.3 is 0 Å². The number of aromatic nitrogens is 2. The zero-order chi connectivity index (χ0) is 19.6. The molecule has 0 saturated carbocycles. The maximum atomic E-state index is 12.3. The van der Waals surface area contributed by atoms with Crippen molar-refractivity contribution in [2.24, 2.45) is 0 Å². The van der Waals surface area contributed by atoms with Gasteiger partial charge in [0.05, 0.1) is 17.1 Å². The van der Waals surface area contributed by atoms with Gasteiger partial charge in [-0.2, -0.15) is 0 Å². The highest BCUT2D eigenvalue weighted by atomic mass is 32.2. The highest BCUT2D eigenvalue weighted by molar-refractivity contribution is 7.89. The molecule has 0 spiro atoms. The van der Waals surface area contributed by atoms with E-state index in [2.05, 4.69) is 15.0 Å². The molecule has 0 bridgehead atoms. The first kappa shape index (κ1) is 19.1. The predicted octanol–water partition coefficient (Wildman–Crippen LogP) is 2.26. The molecule has 8 heteroatoms. The number of benzene rings is 1. The smallest absolute Gasteiger partial charge is 0.251 e. The number of amides is 1. The quantitative estimate of drug-likeness (QED) is 0.680. The van der Waals surface area contributed by atoms with Crippen molar-refractivity contribution in [1.29, 1.82) is 0 Å². The standard InChI is InChI=1S/C19H22N4O3S/c1-13(2)22-27(25,26)17-9-7-15(8-10-17)19(24)20-11-16-12-23-14(3)5-4-6-18(23)21-16/h4-10,12-13,22H,11H2,1-3H3,(H,20,24). The molecule has 7 nitrogen and oxygen atoms in total. The highest BCUT2D eigenvalue weighted by Gasteiger charge is 2.16. The molecule has 3 aromatic rings. The van der Waals surface area contributed by atoms with Gasteiger partial charge in [0.1, 0.15) is 5.65 Å². The summed E-state index contributed by atoms with van der Waals surface area (Å²) in [6.45, 7) is 5.77. The lowest BCUT2D eigenvalue weighted by Crippen LogP contribution is -2.30. The van der Waals surface area contributed by atoms with Crippen molar-refractivity contribution in [2.75, 3.05) is 0 Å². The Kier molecular flexibility index (Phi) is 5.29. The van der Waals surface area contributed by atoms with Crippen molar-refractivity contribution in [3.8, 4) is 0 Å². The fourth-order valence-electron chi connectivity index (χ4n) is 2.72. The molecule has 0 aliphatic carbocycles. The predicted molar refractivity (Wildman–Crippen MR) is 103 cm³/mol. The number of carbonyl (C=O) groups is 1. The fourth-order valence-corrected chi connectivity index (χ4v) is 3.97. The molecule has 0 radical (unpaired) electrons. The molecular weight excluding hydrogens is 364 g/mol. The molecule has 2 N–H and O–H groups in total. The van der Waals surface area contributed by atoms with E-state index in [1.54, 1.807) is 13.8 Å². The van der Waals surface area contributed by atoms with E-state index >= 15 is 0 Å². The van der Waals surface area contributed by atoms with E-state index in [1.807, 2.05) is 35.7 Å². The Balaban J connectivity index is 1.68. The molecule has 0 saturated heterocycles. The summed E-state index contributed by atoms with van der Waals surface area (Å²) in [7, 11) is -3.57. The molecule has 1 amide bonds. The van der Waals surface area contributed by atoms with Gasteiger partial charge in [0.15, 0.2) is 0 Å². The molecule has 0 unspecified atom stereocenters. The van der Waals surface area contributed by atoms with Gasteiger partial charge in [-0.1, -0.05) is 6.07 Å². The van der Waals surface area contributed by atoms with Crippen molar-refractivity contribution in [2.45, 2.75) is 38.3 Å². The Labute approximate surface area is 158 Å². The van der Waals surface area contributed by atoms with Crippen LogP contribution in [0, 0.1) is 6.92 Å². The average Bonchev–Trinajstić information content (AvgIpc) is 3.03. The second-order valence-corrected chi connectivity index (χ2v) is 8.32. The number of imidazole rings is 1. The largest absolute Gasteiger partial charge is 0.346 e. The Morgan fingerprint density at radius 1 is 1.15 bits per heavy atom.